The highest BCUT2D eigenvalue weighted by atomic mass is 16.1. The molecule has 0 amide bonds. The topological polar surface area (TPSA) is 43.1 Å². The molecule has 0 heterocycles. The van der Waals surface area contributed by atoms with E-state index in [0.717, 1.165) is 19.3 Å². The van der Waals surface area contributed by atoms with Gasteiger partial charge >= 0.3 is 0 Å². The first kappa shape index (κ1) is 8.72. The Balaban J connectivity index is 2.54. The van der Waals surface area contributed by atoms with Crippen molar-refractivity contribution >= 4 is 5.78 Å². The first-order valence-corrected chi connectivity index (χ1v) is 4.39. The van der Waals surface area contributed by atoms with E-state index in [2.05, 4.69) is 6.92 Å². The number of hydrogen-bond acceptors (Lipinski definition) is 2. The predicted octanol–water partition coefficient (Wildman–Crippen LogP) is 1.34. The molecular weight excluding hydrogens is 138 g/mol. The highest BCUT2D eigenvalue weighted by Crippen LogP contribution is 2.27. The molecule has 11 heavy (non-hydrogen) atoms. The quantitative estimate of drug-likeness (QED) is 0.621. The summed E-state index contributed by atoms with van der Waals surface area (Å²) < 4.78 is 0. The van der Waals surface area contributed by atoms with Crippen molar-refractivity contribution in [2.75, 3.05) is 0 Å². The van der Waals surface area contributed by atoms with Crippen LogP contribution in [0.3, 0.4) is 0 Å². The van der Waals surface area contributed by atoms with E-state index >= 15 is 0 Å². The van der Waals surface area contributed by atoms with Crippen molar-refractivity contribution in [3.05, 3.63) is 0 Å². The Bertz CT molecular complexity index is 154. The van der Waals surface area contributed by atoms with Gasteiger partial charge in [0.2, 0.25) is 0 Å². The summed E-state index contributed by atoms with van der Waals surface area (Å²) in [5, 5.41) is 0. The number of carbonyl (C=O) groups is 1. The Labute approximate surface area is 68.2 Å². The fourth-order valence-corrected chi connectivity index (χ4v) is 1.76. The lowest BCUT2D eigenvalue weighted by Gasteiger charge is -2.27. The molecule has 1 fully saturated rings. The van der Waals surface area contributed by atoms with E-state index in [1.807, 2.05) is 6.92 Å². The van der Waals surface area contributed by atoms with Gasteiger partial charge in [0.25, 0.3) is 0 Å². The maximum atomic E-state index is 11.3. The zero-order chi connectivity index (χ0) is 8.43. The van der Waals surface area contributed by atoms with Crippen molar-refractivity contribution in [2.24, 2.45) is 17.6 Å². The molecule has 0 radical (unpaired) electrons. The summed E-state index contributed by atoms with van der Waals surface area (Å²) in [5.74, 6) is 1.19. The standard InChI is InChI=1S/C9H17NO/c1-6-3-4-9(11)8(5-6)7(2)10/h6-8H,3-5,10H2,1-2H3. The molecule has 0 aromatic carbocycles. The minimum atomic E-state index is 0.0465. The maximum absolute atomic E-state index is 11.3. The minimum absolute atomic E-state index is 0.0465. The van der Waals surface area contributed by atoms with E-state index < -0.39 is 0 Å². The molecule has 0 aliphatic heterocycles. The van der Waals surface area contributed by atoms with Crippen LogP contribution in [0.15, 0.2) is 0 Å². The van der Waals surface area contributed by atoms with E-state index in [-0.39, 0.29) is 12.0 Å². The number of Topliss-reactive ketones (excluding diaryl/α,β-unsaturated/α-hetero) is 1. The van der Waals surface area contributed by atoms with Gasteiger partial charge in [-0.15, -0.1) is 0 Å². The molecule has 64 valence electrons. The second kappa shape index (κ2) is 3.35. The Morgan fingerprint density at radius 1 is 1.64 bits per heavy atom. The van der Waals surface area contributed by atoms with Crippen LogP contribution in [0, 0.1) is 11.8 Å². The van der Waals surface area contributed by atoms with E-state index in [4.69, 9.17) is 5.73 Å². The van der Waals surface area contributed by atoms with Crippen molar-refractivity contribution < 1.29 is 4.79 Å². The molecule has 1 saturated carbocycles. The Hall–Kier alpha value is -0.370. The number of hydrogen-bond donors (Lipinski definition) is 1. The van der Waals surface area contributed by atoms with Crippen LogP contribution in [0.25, 0.3) is 0 Å². The number of nitrogens with two attached hydrogens (primary N) is 1. The molecule has 2 heteroatoms. The smallest absolute Gasteiger partial charge is 0.137 e. The van der Waals surface area contributed by atoms with Gasteiger partial charge in [-0.3, -0.25) is 4.79 Å². The van der Waals surface area contributed by atoms with E-state index in [1.165, 1.54) is 0 Å². The van der Waals surface area contributed by atoms with Crippen molar-refractivity contribution in [3.63, 3.8) is 0 Å². The molecule has 0 saturated heterocycles. The highest BCUT2D eigenvalue weighted by Gasteiger charge is 2.28. The first-order valence-electron chi connectivity index (χ1n) is 4.39. The monoisotopic (exact) mass is 155 g/mol. The third-order valence-electron chi connectivity index (χ3n) is 2.59. The lowest BCUT2D eigenvalue weighted by molar-refractivity contribution is -0.126. The fourth-order valence-electron chi connectivity index (χ4n) is 1.76. The maximum Gasteiger partial charge on any atom is 0.137 e. The van der Waals surface area contributed by atoms with Gasteiger partial charge in [0.15, 0.2) is 0 Å². The van der Waals surface area contributed by atoms with Crippen LogP contribution in [0.4, 0.5) is 0 Å². The van der Waals surface area contributed by atoms with Crippen LogP contribution in [0.5, 0.6) is 0 Å². The Morgan fingerprint density at radius 3 is 2.73 bits per heavy atom. The van der Waals surface area contributed by atoms with Crippen LogP contribution in [0.1, 0.15) is 33.1 Å². The summed E-state index contributed by atoms with van der Waals surface area (Å²) in [4.78, 5) is 11.3. The first-order chi connectivity index (χ1) is 5.11. The van der Waals surface area contributed by atoms with Crippen molar-refractivity contribution in [3.8, 4) is 0 Å². The van der Waals surface area contributed by atoms with Gasteiger partial charge < -0.3 is 5.73 Å². The van der Waals surface area contributed by atoms with Crippen molar-refractivity contribution in [1.82, 2.24) is 0 Å². The van der Waals surface area contributed by atoms with Gasteiger partial charge in [-0.2, -0.15) is 0 Å². The molecule has 1 aliphatic carbocycles. The molecule has 2 N–H and O–H groups in total. The largest absolute Gasteiger partial charge is 0.327 e. The summed E-state index contributed by atoms with van der Waals surface area (Å²) in [6.07, 6.45) is 2.80. The average molecular weight is 155 g/mol. The fraction of sp³-hybridized carbons (Fsp3) is 0.889. The molecular formula is C9H17NO. The van der Waals surface area contributed by atoms with Crippen LogP contribution in [-0.2, 0) is 4.79 Å². The van der Waals surface area contributed by atoms with Crippen LogP contribution in [0.2, 0.25) is 0 Å². The molecule has 0 bridgehead atoms. The number of ketones is 1. The predicted molar refractivity (Wildman–Crippen MR) is 45.2 cm³/mol. The molecule has 0 aromatic heterocycles. The Kier molecular flexibility index (Phi) is 2.66. The van der Waals surface area contributed by atoms with Crippen molar-refractivity contribution in [2.45, 2.75) is 39.2 Å². The lowest BCUT2D eigenvalue weighted by atomic mass is 9.78. The van der Waals surface area contributed by atoms with Crippen LogP contribution in [-0.4, -0.2) is 11.8 Å². The van der Waals surface area contributed by atoms with Gasteiger partial charge in [-0.25, -0.2) is 0 Å². The van der Waals surface area contributed by atoms with Gasteiger partial charge in [0, 0.05) is 18.4 Å². The summed E-state index contributed by atoms with van der Waals surface area (Å²) in [5.41, 5.74) is 5.70. The molecule has 1 rings (SSSR count). The van der Waals surface area contributed by atoms with Crippen molar-refractivity contribution in [1.29, 1.82) is 0 Å². The molecule has 3 atom stereocenters. The summed E-state index contributed by atoms with van der Waals surface area (Å²) in [6.45, 7) is 4.13. The molecule has 2 nitrogen and oxygen atoms in total. The van der Waals surface area contributed by atoms with Gasteiger partial charge in [-0.05, 0) is 25.7 Å². The molecule has 3 unspecified atom stereocenters. The third-order valence-corrected chi connectivity index (χ3v) is 2.59. The minimum Gasteiger partial charge on any atom is -0.327 e. The zero-order valence-electron chi connectivity index (χ0n) is 7.34. The highest BCUT2D eigenvalue weighted by molar-refractivity contribution is 5.82. The summed E-state index contributed by atoms with van der Waals surface area (Å²) in [7, 11) is 0. The molecule has 0 spiro atoms. The SMILES string of the molecule is CC1CCC(=O)C(C(C)N)C1. The lowest BCUT2D eigenvalue weighted by Crippen LogP contribution is -2.36. The second-order valence-corrected chi connectivity index (χ2v) is 3.81. The van der Waals surface area contributed by atoms with Crippen LogP contribution < -0.4 is 5.73 Å². The third kappa shape index (κ3) is 2.03. The van der Waals surface area contributed by atoms with E-state index in [0.29, 0.717) is 11.7 Å². The van der Waals surface area contributed by atoms with E-state index in [1.54, 1.807) is 0 Å². The number of rotatable bonds is 1. The van der Waals surface area contributed by atoms with Crippen LogP contribution >= 0.6 is 0 Å². The average Bonchev–Trinajstić information content (AvgIpc) is 1.94. The van der Waals surface area contributed by atoms with E-state index in [9.17, 15) is 4.79 Å². The zero-order valence-corrected chi connectivity index (χ0v) is 7.34. The summed E-state index contributed by atoms with van der Waals surface area (Å²) in [6, 6.07) is 0.0465. The molecule has 1 aliphatic rings. The molecule has 0 aromatic rings. The number of carbonyl (C=O) groups excluding carboxylic acids is 1. The van der Waals surface area contributed by atoms with Gasteiger partial charge in [0.1, 0.15) is 5.78 Å². The normalized spacial score (nSPS) is 35.4. The van der Waals surface area contributed by atoms with Gasteiger partial charge in [0.05, 0.1) is 0 Å². The van der Waals surface area contributed by atoms with Gasteiger partial charge in [-0.1, -0.05) is 6.92 Å². The second-order valence-electron chi connectivity index (χ2n) is 3.81. The Morgan fingerprint density at radius 2 is 2.27 bits per heavy atom. The summed E-state index contributed by atoms with van der Waals surface area (Å²) >= 11 is 0.